The monoisotopic (exact) mass is 482 g/mol. The summed E-state index contributed by atoms with van der Waals surface area (Å²) in [7, 11) is -4.19. The smallest absolute Gasteiger partial charge is 0.416 e. The maximum atomic E-state index is 13.0. The van der Waals surface area contributed by atoms with Crippen LogP contribution in [0, 0.1) is 0 Å². The molecule has 1 unspecified atom stereocenters. The van der Waals surface area contributed by atoms with Crippen LogP contribution in [0.25, 0.3) is 0 Å². The van der Waals surface area contributed by atoms with Gasteiger partial charge in [0.25, 0.3) is 0 Å². The topological polar surface area (TPSA) is 83.2 Å². The summed E-state index contributed by atoms with van der Waals surface area (Å²) in [5.74, 6) is 0.638. The van der Waals surface area contributed by atoms with Crippen molar-refractivity contribution in [1.29, 1.82) is 0 Å². The molecule has 0 bridgehead atoms. The molecule has 1 N–H and O–H groups in total. The highest BCUT2D eigenvalue weighted by Gasteiger charge is 2.35. The fourth-order valence-corrected chi connectivity index (χ4v) is 5.13. The molecule has 1 fully saturated rings. The second-order valence-corrected chi connectivity index (χ2v) is 9.41. The third-order valence-electron chi connectivity index (χ3n) is 4.81. The molecule has 1 atom stereocenters. The van der Waals surface area contributed by atoms with E-state index in [1.807, 2.05) is 4.90 Å². The van der Waals surface area contributed by atoms with E-state index in [0.29, 0.717) is 24.9 Å². The van der Waals surface area contributed by atoms with Crippen molar-refractivity contribution < 1.29 is 35.8 Å². The van der Waals surface area contributed by atoms with Crippen molar-refractivity contribution >= 4 is 21.6 Å². The Morgan fingerprint density at radius 1 is 1.19 bits per heavy atom. The largest absolute Gasteiger partial charge is 0.467 e. The van der Waals surface area contributed by atoms with Gasteiger partial charge in [-0.3, -0.25) is 4.90 Å². The maximum absolute atomic E-state index is 13.0. The van der Waals surface area contributed by atoms with Crippen LogP contribution in [0.3, 0.4) is 0 Å². The molecule has 0 saturated carbocycles. The average Bonchev–Trinajstić information content (AvgIpc) is 3.21. The van der Waals surface area contributed by atoms with Gasteiger partial charge in [-0.2, -0.15) is 17.5 Å². The van der Waals surface area contributed by atoms with Crippen molar-refractivity contribution in [3.05, 3.63) is 52.9 Å². The second-order valence-electron chi connectivity index (χ2n) is 7.10. The lowest BCUT2D eigenvalue weighted by Crippen LogP contribution is -2.50. The van der Waals surface area contributed by atoms with Gasteiger partial charge in [0.05, 0.1) is 29.6 Å². The number of halogens is 4. The number of piperazine rings is 1. The molecule has 2 heterocycles. The van der Waals surface area contributed by atoms with Crippen LogP contribution in [0.5, 0.6) is 0 Å². The van der Waals surface area contributed by atoms with Crippen LogP contribution in [0.4, 0.5) is 13.2 Å². The van der Waals surface area contributed by atoms with Crippen molar-refractivity contribution in [3.8, 4) is 0 Å². The van der Waals surface area contributed by atoms with Gasteiger partial charge in [0.15, 0.2) is 0 Å². The van der Waals surface area contributed by atoms with E-state index in [9.17, 15) is 26.7 Å². The predicted molar refractivity (Wildman–Crippen MR) is 106 cm³/mol. The van der Waals surface area contributed by atoms with Gasteiger partial charge in [-0.25, -0.2) is 8.42 Å². The van der Waals surface area contributed by atoms with Gasteiger partial charge >= 0.3 is 6.18 Å². The molecule has 12 heteroatoms. The molecule has 7 nitrogen and oxygen atoms in total. The van der Waals surface area contributed by atoms with E-state index < -0.39 is 32.8 Å². The average molecular weight is 483 g/mol. The maximum Gasteiger partial charge on any atom is 0.416 e. The first kappa shape index (κ1) is 24.0. The first-order chi connectivity index (χ1) is 14.6. The van der Waals surface area contributed by atoms with Crippen molar-refractivity contribution in [2.45, 2.75) is 23.8 Å². The standard InChI is InChI=1S/C19H22ClF3N2O5S/c20-17-4-3-14(19(21,22)23)10-18(17)31(27,28)25-7-5-24(6-8-25)11-15(26)12-29-13-16-2-1-9-30-16/h1-4,9-10,15,26H,5-8,11-13H2. The Morgan fingerprint density at radius 3 is 2.52 bits per heavy atom. The minimum Gasteiger partial charge on any atom is -0.467 e. The molecule has 1 aromatic carbocycles. The summed E-state index contributed by atoms with van der Waals surface area (Å²) in [6.45, 7) is 1.34. The number of rotatable bonds is 8. The number of β-amino-alcohol motifs (C(OH)–C–C–N with tert-alkyl or cyclic N) is 1. The lowest BCUT2D eigenvalue weighted by atomic mass is 10.2. The number of furan rings is 1. The second kappa shape index (κ2) is 9.88. The third kappa shape index (κ3) is 6.21. The summed E-state index contributed by atoms with van der Waals surface area (Å²) in [5.41, 5.74) is -1.08. The molecule has 1 aliphatic heterocycles. The molecule has 1 aliphatic rings. The lowest BCUT2D eigenvalue weighted by molar-refractivity contribution is -0.137. The fraction of sp³-hybridized carbons (Fsp3) is 0.474. The molecular weight excluding hydrogens is 461 g/mol. The molecule has 1 saturated heterocycles. The van der Waals surface area contributed by atoms with Crippen LogP contribution in [-0.2, 0) is 27.5 Å². The minimum absolute atomic E-state index is 0.0644. The van der Waals surface area contributed by atoms with Gasteiger partial charge in [0.2, 0.25) is 10.0 Å². The highest BCUT2D eigenvalue weighted by molar-refractivity contribution is 7.89. The van der Waals surface area contributed by atoms with Gasteiger partial charge in [-0.15, -0.1) is 0 Å². The van der Waals surface area contributed by atoms with E-state index in [1.54, 1.807) is 12.1 Å². The van der Waals surface area contributed by atoms with Gasteiger partial charge in [0.1, 0.15) is 17.3 Å². The summed E-state index contributed by atoms with van der Waals surface area (Å²) < 4.78 is 76.2. The lowest BCUT2D eigenvalue weighted by Gasteiger charge is -2.35. The first-order valence-corrected chi connectivity index (χ1v) is 11.3. The molecule has 0 radical (unpaired) electrons. The molecule has 3 rings (SSSR count). The van der Waals surface area contributed by atoms with Gasteiger partial charge in [-0.05, 0) is 30.3 Å². The summed E-state index contributed by atoms with van der Waals surface area (Å²) in [5, 5.41) is 9.86. The first-order valence-electron chi connectivity index (χ1n) is 9.45. The van der Waals surface area contributed by atoms with Crippen molar-refractivity contribution in [1.82, 2.24) is 9.21 Å². The zero-order valence-corrected chi connectivity index (χ0v) is 18.0. The number of ether oxygens (including phenoxy) is 1. The third-order valence-corrected chi connectivity index (χ3v) is 7.19. The van der Waals surface area contributed by atoms with E-state index in [1.165, 1.54) is 6.26 Å². The van der Waals surface area contributed by atoms with E-state index in [0.717, 1.165) is 16.4 Å². The fourth-order valence-electron chi connectivity index (χ4n) is 3.21. The van der Waals surface area contributed by atoms with Gasteiger partial charge < -0.3 is 14.3 Å². The summed E-state index contributed by atoms with van der Waals surface area (Å²) in [6, 6.07) is 5.73. The van der Waals surface area contributed by atoms with Crippen LogP contribution in [0.1, 0.15) is 11.3 Å². The highest BCUT2D eigenvalue weighted by atomic mass is 35.5. The Labute approximate surface area is 183 Å². The Hall–Kier alpha value is -1.63. The number of nitrogens with zero attached hydrogens (tertiary/aromatic N) is 2. The number of aliphatic hydroxyl groups is 1. The summed E-state index contributed by atoms with van der Waals surface area (Å²) in [6.07, 6.45) is -3.94. The SMILES string of the molecule is O=S(=O)(c1cc(C(F)(F)F)ccc1Cl)N1CCN(CC(O)COCc2ccco2)CC1. The van der Waals surface area contributed by atoms with Crippen molar-refractivity contribution in [3.63, 3.8) is 0 Å². The van der Waals surface area contributed by atoms with Crippen LogP contribution < -0.4 is 0 Å². The summed E-state index contributed by atoms with van der Waals surface area (Å²) in [4.78, 5) is 1.30. The number of alkyl halides is 3. The van der Waals surface area contributed by atoms with Gasteiger partial charge in [0, 0.05) is 32.7 Å². The molecule has 0 spiro atoms. The molecule has 172 valence electrons. The molecule has 31 heavy (non-hydrogen) atoms. The molecule has 0 aliphatic carbocycles. The Morgan fingerprint density at radius 2 is 1.90 bits per heavy atom. The normalized spacial score (nSPS) is 17.7. The van der Waals surface area contributed by atoms with Crippen molar-refractivity contribution in [2.24, 2.45) is 0 Å². The predicted octanol–water partition coefficient (Wildman–Crippen LogP) is 2.84. The summed E-state index contributed by atoms with van der Waals surface area (Å²) >= 11 is 5.90. The van der Waals surface area contributed by atoms with E-state index in [4.69, 9.17) is 20.8 Å². The minimum atomic E-state index is -4.68. The zero-order chi connectivity index (χ0) is 22.6. The number of aliphatic hydroxyl groups excluding tert-OH is 1. The molecule has 2 aromatic rings. The molecule has 0 amide bonds. The van der Waals surface area contributed by atoms with Crippen molar-refractivity contribution in [2.75, 3.05) is 39.3 Å². The Bertz CT molecular complexity index is 961. The van der Waals surface area contributed by atoms with Crippen LogP contribution >= 0.6 is 11.6 Å². The Kier molecular flexibility index (Phi) is 7.66. The highest BCUT2D eigenvalue weighted by Crippen LogP contribution is 2.34. The number of hydrogen-bond acceptors (Lipinski definition) is 6. The van der Waals surface area contributed by atoms with Crippen LogP contribution in [0.15, 0.2) is 45.9 Å². The molecule has 1 aromatic heterocycles. The van der Waals surface area contributed by atoms with E-state index in [2.05, 4.69) is 0 Å². The molecular formula is C19H22ClF3N2O5S. The van der Waals surface area contributed by atoms with E-state index >= 15 is 0 Å². The zero-order valence-electron chi connectivity index (χ0n) is 16.4. The quantitative estimate of drug-likeness (QED) is 0.623. The Balaban J connectivity index is 1.54. The number of sulfonamides is 1. The van der Waals surface area contributed by atoms with Crippen LogP contribution in [-0.4, -0.2) is 68.2 Å². The number of benzene rings is 1. The number of hydrogen-bond donors (Lipinski definition) is 1. The van der Waals surface area contributed by atoms with Gasteiger partial charge in [-0.1, -0.05) is 11.6 Å². The van der Waals surface area contributed by atoms with Crippen LogP contribution in [0.2, 0.25) is 5.02 Å². The van der Waals surface area contributed by atoms with E-state index in [-0.39, 0.29) is 37.9 Å².